The molecule has 2 fully saturated rings. The van der Waals surface area contributed by atoms with Gasteiger partial charge in [-0.1, -0.05) is 19.8 Å². The summed E-state index contributed by atoms with van der Waals surface area (Å²) in [5.41, 5.74) is -0.0996. The number of hydrogen-bond donors (Lipinski definition) is 2. The molecule has 0 aromatic carbocycles. The van der Waals surface area contributed by atoms with E-state index in [9.17, 15) is 0 Å². The van der Waals surface area contributed by atoms with E-state index in [4.69, 9.17) is 22.2 Å². The first-order chi connectivity index (χ1) is 13.3. The SMILES string of the molecule is CC1CCCN(c2cc(N3CCCCCC3)nc(NC(=S)NC(C)(C)C)n2)C1. The summed E-state index contributed by atoms with van der Waals surface area (Å²) < 4.78 is 0. The molecule has 2 saturated heterocycles. The van der Waals surface area contributed by atoms with E-state index in [-0.39, 0.29) is 5.54 Å². The lowest BCUT2D eigenvalue weighted by atomic mass is 10.0. The first-order valence-corrected chi connectivity index (χ1v) is 11.2. The third kappa shape index (κ3) is 6.19. The summed E-state index contributed by atoms with van der Waals surface area (Å²) in [5.74, 6) is 3.33. The molecule has 1 aromatic rings. The van der Waals surface area contributed by atoms with Crippen LogP contribution in [-0.2, 0) is 0 Å². The molecule has 28 heavy (non-hydrogen) atoms. The quantitative estimate of drug-likeness (QED) is 0.733. The number of nitrogens with zero attached hydrogens (tertiary/aromatic N) is 4. The van der Waals surface area contributed by atoms with E-state index in [1.54, 1.807) is 0 Å². The second-order valence-electron chi connectivity index (χ2n) is 9.33. The van der Waals surface area contributed by atoms with Gasteiger partial charge >= 0.3 is 0 Å². The standard InChI is InChI=1S/C21H36N6S/c1-16-10-9-13-27(15-16)18-14-17(26-11-7-5-6-8-12-26)22-19(23-18)24-20(28)25-21(2,3)4/h14,16H,5-13,15H2,1-4H3,(H2,22,23,24,25,28). The highest BCUT2D eigenvalue weighted by Crippen LogP contribution is 2.27. The molecular weight excluding hydrogens is 368 g/mol. The van der Waals surface area contributed by atoms with Gasteiger partial charge in [-0.2, -0.15) is 9.97 Å². The summed E-state index contributed by atoms with van der Waals surface area (Å²) in [4.78, 5) is 14.5. The van der Waals surface area contributed by atoms with Gasteiger partial charge in [0.2, 0.25) is 5.95 Å². The van der Waals surface area contributed by atoms with Crippen LogP contribution in [0.5, 0.6) is 0 Å². The van der Waals surface area contributed by atoms with Gasteiger partial charge in [-0.25, -0.2) is 0 Å². The van der Waals surface area contributed by atoms with Crippen LogP contribution in [0.4, 0.5) is 17.6 Å². The summed E-state index contributed by atoms with van der Waals surface area (Å²) in [6, 6.07) is 2.18. The first kappa shape index (κ1) is 21.1. The number of aromatic nitrogens is 2. The van der Waals surface area contributed by atoms with E-state index in [0.29, 0.717) is 17.0 Å². The molecule has 0 amide bonds. The molecule has 2 aliphatic rings. The first-order valence-electron chi connectivity index (χ1n) is 10.8. The molecule has 1 unspecified atom stereocenters. The maximum atomic E-state index is 5.49. The Kier molecular flexibility index (Phi) is 6.96. The smallest absolute Gasteiger partial charge is 0.232 e. The number of anilines is 3. The second-order valence-corrected chi connectivity index (χ2v) is 9.74. The lowest BCUT2D eigenvalue weighted by Gasteiger charge is -2.33. The average Bonchev–Trinajstić information content (AvgIpc) is 2.89. The Balaban J connectivity index is 1.85. The van der Waals surface area contributed by atoms with Gasteiger partial charge in [0.25, 0.3) is 0 Å². The maximum absolute atomic E-state index is 5.49. The van der Waals surface area contributed by atoms with Crippen molar-refractivity contribution < 1.29 is 0 Å². The lowest BCUT2D eigenvalue weighted by Crippen LogP contribution is -2.43. The Hall–Kier alpha value is -1.63. The third-order valence-electron chi connectivity index (χ3n) is 5.32. The van der Waals surface area contributed by atoms with E-state index in [1.165, 1.54) is 38.5 Å². The average molecular weight is 405 g/mol. The van der Waals surface area contributed by atoms with Crippen molar-refractivity contribution in [3.8, 4) is 0 Å². The Labute approximate surface area is 175 Å². The number of nitrogens with one attached hydrogen (secondary N) is 2. The normalized spacial score (nSPS) is 21.2. The van der Waals surface area contributed by atoms with Crippen LogP contribution in [0.2, 0.25) is 0 Å². The van der Waals surface area contributed by atoms with E-state index < -0.39 is 0 Å². The monoisotopic (exact) mass is 404 g/mol. The molecule has 3 rings (SSSR count). The van der Waals surface area contributed by atoms with Crippen molar-refractivity contribution >= 4 is 34.9 Å². The number of thiocarbonyl (C=S) groups is 1. The Morgan fingerprint density at radius 2 is 1.61 bits per heavy atom. The fourth-order valence-corrected chi connectivity index (χ4v) is 4.37. The molecule has 0 spiro atoms. The minimum atomic E-state index is -0.0996. The Morgan fingerprint density at radius 3 is 2.21 bits per heavy atom. The minimum Gasteiger partial charge on any atom is -0.358 e. The molecule has 0 radical (unpaired) electrons. The molecule has 0 saturated carbocycles. The lowest BCUT2D eigenvalue weighted by molar-refractivity contribution is 0.444. The van der Waals surface area contributed by atoms with E-state index >= 15 is 0 Å². The molecule has 3 heterocycles. The van der Waals surface area contributed by atoms with Gasteiger partial charge < -0.3 is 20.4 Å². The summed E-state index contributed by atoms with van der Waals surface area (Å²) in [6.07, 6.45) is 7.59. The van der Waals surface area contributed by atoms with Crippen LogP contribution in [0, 0.1) is 5.92 Å². The van der Waals surface area contributed by atoms with Crippen LogP contribution < -0.4 is 20.4 Å². The number of rotatable bonds is 3. The minimum absolute atomic E-state index is 0.0996. The highest BCUT2D eigenvalue weighted by atomic mass is 32.1. The van der Waals surface area contributed by atoms with Crippen molar-refractivity contribution in [3.05, 3.63) is 6.07 Å². The molecule has 156 valence electrons. The molecular formula is C21H36N6S. The summed E-state index contributed by atoms with van der Waals surface area (Å²) in [6.45, 7) is 12.9. The zero-order valence-electron chi connectivity index (χ0n) is 17.9. The van der Waals surface area contributed by atoms with Crippen molar-refractivity contribution in [1.82, 2.24) is 15.3 Å². The van der Waals surface area contributed by atoms with Gasteiger partial charge in [0.1, 0.15) is 11.6 Å². The molecule has 2 N–H and O–H groups in total. The van der Waals surface area contributed by atoms with Crippen LogP contribution >= 0.6 is 12.2 Å². The van der Waals surface area contributed by atoms with Crippen molar-refractivity contribution in [3.63, 3.8) is 0 Å². The number of hydrogen-bond acceptors (Lipinski definition) is 5. The van der Waals surface area contributed by atoms with E-state index in [1.807, 2.05) is 0 Å². The van der Waals surface area contributed by atoms with E-state index in [0.717, 1.165) is 37.8 Å². The summed E-state index contributed by atoms with van der Waals surface area (Å²) in [5, 5.41) is 7.09. The predicted octanol–water partition coefficient (Wildman–Crippen LogP) is 4.18. The van der Waals surface area contributed by atoms with Crippen molar-refractivity contribution in [2.45, 2.75) is 71.8 Å². The van der Waals surface area contributed by atoms with Gasteiger partial charge in [-0.3, -0.25) is 0 Å². The third-order valence-corrected chi connectivity index (χ3v) is 5.53. The Morgan fingerprint density at radius 1 is 1.00 bits per heavy atom. The zero-order chi connectivity index (χ0) is 20.1. The number of piperidine rings is 1. The largest absolute Gasteiger partial charge is 0.358 e. The molecule has 0 aliphatic carbocycles. The Bertz CT molecular complexity index is 643. The zero-order valence-corrected chi connectivity index (χ0v) is 18.7. The van der Waals surface area contributed by atoms with Crippen LogP contribution in [-0.4, -0.2) is 46.8 Å². The van der Waals surface area contributed by atoms with Gasteiger partial charge in [-0.05, 0) is 64.6 Å². The van der Waals surface area contributed by atoms with Crippen molar-refractivity contribution in [1.29, 1.82) is 0 Å². The molecule has 7 heteroatoms. The molecule has 1 atom stereocenters. The fraction of sp³-hybridized carbons (Fsp3) is 0.762. The van der Waals surface area contributed by atoms with Crippen LogP contribution in [0.1, 0.15) is 66.2 Å². The van der Waals surface area contributed by atoms with Gasteiger partial charge in [0.05, 0.1) is 0 Å². The second kappa shape index (κ2) is 9.25. The van der Waals surface area contributed by atoms with Crippen LogP contribution in [0.15, 0.2) is 6.07 Å². The van der Waals surface area contributed by atoms with Crippen molar-refractivity contribution in [2.75, 3.05) is 41.3 Å². The molecule has 6 nitrogen and oxygen atoms in total. The van der Waals surface area contributed by atoms with Crippen molar-refractivity contribution in [2.24, 2.45) is 5.92 Å². The predicted molar refractivity (Wildman–Crippen MR) is 122 cm³/mol. The summed E-state index contributed by atoms with van der Waals surface area (Å²) >= 11 is 5.49. The van der Waals surface area contributed by atoms with Gasteiger partial charge in [-0.15, -0.1) is 0 Å². The fourth-order valence-electron chi connectivity index (χ4n) is 3.97. The van der Waals surface area contributed by atoms with Gasteiger partial charge in [0.15, 0.2) is 5.11 Å². The highest BCUT2D eigenvalue weighted by Gasteiger charge is 2.21. The summed E-state index contributed by atoms with van der Waals surface area (Å²) in [7, 11) is 0. The maximum Gasteiger partial charge on any atom is 0.232 e. The highest BCUT2D eigenvalue weighted by molar-refractivity contribution is 7.80. The molecule has 1 aromatic heterocycles. The molecule has 0 bridgehead atoms. The topological polar surface area (TPSA) is 56.3 Å². The molecule has 2 aliphatic heterocycles. The van der Waals surface area contributed by atoms with E-state index in [2.05, 4.69) is 54.2 Å². The van der Waals surface area contributed by atoms with Crippen LogP contribution in [0.3, 0.4) is 0 Å². The van der Waals surface area contributed by atoms with Gasteiger partial charge in [0, 0.05) is 37.8 Å². The van der Waals surface area contributed by atoms with Crippen LogP contribution in [0.25, 0.3) is 0 Å².